The number of aromatic amines is 2. The summed E-state index contributed by atoms with van der Waals surface area (Å²) in [6.07, 6.45) is 10.2. The largest absolute Gasteiger partial charge is 0.469 e. The molecule has 4 N–H and O–H groups in total. The quantitative estimate of drug-likeness (QED) is 0.221. The number of Topliss-reactive ketones (excluding diaryl/α,β-unsaturated/α-hetero) is 1. The average Bonchev–Trinajstić information content (AvgIpc) is 3.76. The van der Waals surface area contributed by atoms with E-state index in [1.54, 1.807) is 0 Å². The lowest BCUT2D eigenvalue weighted by molar-refractivity contribution is -0.142. The summed E-state index contributed by atoms with van der Waals surface area (Å²) in [6, 6.07) is -0.485. The molecule has 1 aliphatic carbocycles. The Morgan fingerprint density at radius 1 is 0.956 bits per heavy atom. The summed E-state index contributed by atoms with van der Waals surface area (Å²) in [7, 11) is 2.72. The SMILES string of the molecule is C=Cc1c(C)/c2[nH]/c1=C\C1NC(/C=c3\[nH]c4c(c3C)C(=O)C(C(=O)OC)C=4C3NC(\C=2)C(C)C3CCC(=O)OC)C(CC)=C1C. The molecule has 0 amide bonds. The van der Waals surface area contributed by atoms with E-state index in [1.165, 1.54) is 25.4 Å². The topological polar surface area (TPSA) is 125 Å². The van der Waals surface area contributed by atoms with E-state index in [-0.39, 0.29) is 54.2 Å². The summed E-state index contributed by atoms with van der Waals surface area (Å²) >= 11 is 0. The molecular weight excluding hydrogens is 568 g/mol. The predicted molar refractivity (Wildman–Crippen MR) is 175 cm³/mol. The maximum atomic E-state index is 14.1. The zero-order chi connectivity index (χ0) is 32.3. The van der Waals surface area contributed by atoms with Crippen molar-refractivity contribution >= 4 is 47.6 Å². The number of carbonyl (C=O) groups is 3. The smallest absolute Gasteiger partial charge is 0.320 e. The van der Waals surface area contributed by atoms with Gasteiger partial charge in [0.25, 0.3) is 0 Å². The summed E-state index contributed by atoms with van der Waals surface area (Å²) in [5.74, 6) is -2.16. The van der Waals surface area contributed by atoms with Gasteiger partial charge < -0.3 is 24.8 Å². The molecule has 1 saturated heterocycles. The molecule has 1 fully saturated rings. The molecule has 0 aromatic carbocycles. The number of rotatable bonds is 6. The number of aromatic nitrogens is 2. The van der Waals surface area contributed by atoms with E-state index < -0.39 is 11.9 Å². The van der Waals surface area contributed by atoms with E-state index in [0.717, 1.165) is 39.2 Å². The Hall–Kier alpha value is -3.95. The van der Waals surface area contributed by atoms with Gasteiger partial charge in [-0.2, -0.15) is 0 Å². The number of methoxy groups -OCH3 is 2. The number of carbonyl (C=O) groups excluding carboxylic acids is 3. The van der Waals surface area contributed by atoms with Crippen LogP contribution in [0, 0.1) is 31.6 Å². The van der Waals surface area contributed by atoms with Crippen LogP contribution < -0.4 is 32.0 Å². The number of nitrogens with one attached hydrogen (secondary N) is 4. The summed E-state index contributed by atoms with van der Waals surface area (Å²) in [5, 5.41) is 11.2. The monoisotopic (exact) mass is 612 g/mol. The first kappa shape index (κ1) is 31.0. The summed E-state index contributed by atoms with van der Waals surface area (Å²) in [6.45, 7) is 14.7. The Kier molecular flexibility index (Phi) is 8.12. The second-order valence-electron chi connectivity index (χ2n) is 12.9. The van der Waals surface area contributed by atoms with Gasteiger partial charge in [0.1, 0.15) is 5.92 Å². The maximum absolute atomic E-state index is 14.1. The molecule has 9 heteroatoms. The standard InChI is InChI=1S/C36H44N4O5/c1-9-20-16(3)23-13-25-18(5)22(11-12-29(41)44-7)33(39-25)31-32(36(43)45-8)35(42)30-19(6)26(40-34(30)31)15-28-21(10-2)17(4)24(38-28)14-27(20)37-23/h9,13-15,18,22,24-25,28,32-33,37-40H,1,10-12H2,2-8H3/b23-13-,26-15-,27-14-. The van der Waals surface area contributed by atoms with Crippen LogP contribution in [0.15, 0.2) is 17.7 Å². The molecule has 6 rings (SSSR count). The van der Waals surface area contributed by atoms with Crippen LogP contribution in [0.2, 0.25) is 0 Å². The first-order chi connectivity index (χ1) is 21.5. The Morgan fingerprint density at radius 2 is 1.67 bits per heavy atom. The van der Waals surface area contributed by atoms with Crippen molar-refractivity contribution in [1.29, 1.82) is 0 Å². The minimum Gasteiger partial charge on any atom is -0.469 e. The van der Waals surface area contributed by atoms with Crippen LogP contribution in [0.5, 0.6) is 0 Å². The molecule has 3 aliphatic heterocycles. The van der Waals surface area contributed by atoms with E-state index in [9.17, 15) is 14.4 Å². The number of ether oxygens (including phenoxy) is 2. The number of fused-ring (bicyclic) bond motifs is 8. The lowest BCUT2D eigenvalue weighted by Gasteiger charge is -2.25. The van der Waals surface area contributed by atoms with Crippen molar-refractivity contribution in [2.75, 3.05) is 14.2 Å². The molecule has 4 aliphatic rings. The molecule has 45 heavy (non-hydrogen) atoms. The highest BCUT2D eigenvalue weighted by Crippen LogP contribution is 2.40. The molecule has 2 aromatic rings. The summed E-state index contributed by atoms with van der Waals surface area (Å²) < 4.78 is 10.2. The zero-order valence-corrected chi connectivity index (χ0v) is 27.2. The van der Waals surface area contributed by atoms with Crippen LogP contribution in [0.1, 0.15) is 67.1 Å². The first-order valence-electron chi connectivity index (χ1n) is 15.9. The van der Waals surface area contributed by atoms with Gasteiger partial charge >= 0.3 is 11.9 Å². The molecule has 5 heterocycles. The minimum absolute atomic E-state index is 0.0175. The maximum Gasteiger partial charge on any atom is 0.320 e. The molecule has 0 radical (unpaired) electrons. The van der Waals surface area contributed by atoms with E-state index in [1.807, 2.05) is 13.0 Å². The lowest BCUT2D eigenvalue weighted by Crippen LogP contribution is -2.40. The van der Waals surface area contributed by atoms with Gasteiger partial charge in [0.05, 0.1) is 19.6 Å². The third-order valence-corrected chi connectivity index (χ3v) is 10.8. The molecular formula is C36H44N4O5. The van der Waals surface area contributed by atoms with Gasteiger partial charge in [-0.3, -0.25) is 19.7 Å². The normalized spacial score (nSPS) is 30.7. The Bertz CT molecular complexity index is 1890. The minimum atomic E-state index is -1.06. The van der Waals surface area contributed by atoms with Crippen molar-refractivity contribution in [2.24, 2.45) is 17.8 Å². The Labute approximate surface area is 263 Å². The van der Waals surface area contributed by atoms with Gasteiger partial charge in [0.2, 0.25) is 0 Å². The van der Waals surface area contributed by atoms with Crippen LogP contribution in [0.25, 0.3) is 29.9 Å². The molecule has 8 bridgehead atoms. The van der Waals surface area contributed by atoms with E-state index in [0.29, 0.717) is 22.9 Å². The fraction of sp³-hybridized carbons (Fsp3) is 0.472. The van der Waals surface area contributed by atoms with Crippen molar-refractivity contribution in [2.45, 2.75) is 78.0 Å². The molecule has 9 nitrogen and oxygen atoms in total. The second-order valence-corrected chi connectivity index (χ2v) is 12.9. The number of H-pyrrole nitrogens is 2. The van der Waals surface area contributed by atoms with Crippen LogP contribution in [-0.4, -0.2) is 66.1 Å². The average molecular weight is 613 g/mol. The summed E-state index contributed by atoms with van der Waals surface area (Å²) in [4.78, 5) is 47.0. The Balaban J connectivity index is 1.66. The number of hydrogen-bond acceptors (Lipinski definition) is 7. The second kappa shape index (κ2) is 11.8. The Morgan fingerprint density at radius 3 is 2.33 bits per heavy atom. The molecule has 7 unspecified atom stereocenters. The highest BCUT2D eigenvalue weighted by atomic mass is 16.5. The molecule has 2 aromatic heterocycles. The number of ketones is 1. The van der Waals surface area contributed by atoms with E-state index in [2.05, 4.69) is 73.1 Å². The van der Waals surface area contributed by atoms with Gasteiger partial charge in [-0.05, 0) is 85.9 Å². The number of hydrogen-bond donors (Lipinski definition) is 4. The zero-order valence-electron chi connectivity index (χ0n) is 27.2. The van der Waals surface area contributed by atoms with Crippen LogP contribution in [0.3, 0.4) is 0 Å². The molecule has 0 spiro atoms. The van der Waals surface area contributed by atoms with Crippen LogP contribution in [0.4, 0.5) is 0 Å². The first-order valence-corrected chi connectivity index (χ1v) is 15.9. The van der Waals surface area contributed by atoms with Gasteiger partial charge in [-0.15, -0.1) is 0 Å². The van der Waals surface area contributed by atoms with Crippen LogP contribution in [-0.2, 0) is 19.1 Å². The number of esters is 2. The van der Waals surface area contributed by atoms with Gasteiger partial charge in [0, 0.05) is 57.8 Å². The molecule has 238 valence electrons. The van der Waals surface area contributed by atoms with E-state index >= 15 is 0 Å². The third-order valence-electron chi connectivity index (χ3n) is 10.8. The van der Waals surface area contributed by atoms with Crippen LogP contribution >= 0.6 is 0 Å². The van der Waals surface area contributed by atoms with Crippen molar-refractivity contribution in [1.82, 2.24) is 20.6 Å². The molecule has 7 atom stereocenters. The van der Waals surface area contributed by atoms with Gasteiger partial charge in [0.15, 0.2) is 5.78 Å². The lowest BCUT2D eigenvalue weighted by atomic mass is 9.79. The van der Waals surface area contributed by atoms with Crippen molar-refractivity contribution in [3.63, 3.8) is 0 Å². The van der Waals surface area contributed by atoms with Crippen molar-refractivity contribution < 1.29 is 23.9 Å². The highest BCUT2D eigenvalue weighted by molar-refractivity contribution is 6.19. The third kappa shape index (κ3) is 4.88. The highest BCUT2D eigenvalue weighted by Gasteiger charge is 2.50. The van der Waals surface area contributed by atoms with Crippen molar-refractivity contribution in [3.8, 4) is 0 Å². The predicted octanol–water partition coefficient (Wildman–Crippen LogP) is 1.41. The van der Waals surface area contributed by atoms with Gasteiger partial charge in [-0.1, -0.05) is 32.1 Å². The van der Waals surface area contributed by atoms with Crippen molar-refractivity contribution in [3.05, 3.63) is 61.4 Å². The van der Waals surface area contributed by atoms with Gasteiger partial charge in [-0.25, -0.2) is 0 Å². The molecule has 0 saturated carbocycles. The fourth-order valence-corrected chi connectivity index (χ4v) is 8.22. The fourth-order valence-electron chi connectivity index (χ4n) is 8.22. The summed E-state index contributed by atoms with van der Waals surface area (Å²) in [5.41, 5.74) is 6.82. The van der Waals surface area contributed by atoms with E-state index in [4.69, 9.17) is 9.47 Å².